The number of benzene rings is 1. The highest BCUT2D eigenvalue weighted by molar-refractivity contribution is 6.02. The highest BCUT2D eigenvalue weighted by Gasteiger charge is 2.13. The number of amides is 2. The number of hydrogen-bond acceptors (Lipinski definition) is 4. The van der Waals surface area contributed by atoms with E-state index in [1.807, 2.05) is 0 Å². The summed E-state index contributed by atoms with van der Waals surface area (Å²) in [5.74, 6) is -1.17. The van der Waals surface area contributed by atoms with Crippen molar-refractivity contribution in [3.8, 4) is 6.07 Å². The van der Waals surface area contributed by atoms with Crippen LogP contribution in [0.3, 0.4) is 0 Å². The maximum Gasteiger partial charge on any atom is 0.269 e. The molecule has 23 heavy (non-hydrogen) atoms. The predicted octanol–water partition coefficient (Wildman–Crippen LogP) is 0.766. The Morgan fingerprint density at radius 3 is 2.61 bits per heavy atom. The van der Waals surface area contributed by atoms with Gasteiger partial charge in [-0.25, -0.2) is 0 Å². The van der Waals surface area contributed by atoms with E-state index in [9.17, 15) is 14.4 Å². The second-order valence-corrected chi connectivity index (χ2v) is 4.85. The van der Waals surface area contributed by atoms with Crippen LogP contribution in [-0.4, -0.2) is 16.4 Å². The van der Waals surface area contributed by atoms with Gasteiger partial charge >= 0.3 is 0 Å². The molecule has 2 amide bonds. The molecule has 0 unspecified atom stereocenters. The van der Waals surface area contributed by atoms with Crippen LogP contribution in [0.15, 0.2) is 41.2 Å². The maximum absolute atomic E-state index is 12.2. The van der Waals surface area contributed by atoms with Gasteiger partial charge in [0.2, 0.25) is 5.91 Å². The molecule has 2 rings (SSSR count). The third-order valence-electron chi connectivity index (χ3n) is 3.28. The number of anilines is 1. The summed E-state index contributed by atoms with van der Waals surface area (Å²) in [4.78, 5) is 35.6. The highest BCUT2D eigenvalue weighted by atomic mass is 16.2. The van der Waals surface area contributed by atoms with Gasteiger partial charge in [-0.3, -0.25) is 14.4 Å². The van der Waals surface area contributed by atoms with Gasteiger partial charge in [-0.15, -0.1) is 0 Å². The topological polar surface area (TPSA) is 118 Å². The van der Waals surface area contributed by atoms with Gasteiger partial charge in [-0.2, -0.15) is 5.26 Å². The van der Waals surface area contributed by atoms with Gasteiger partial charge in [0.05, 0.1) is 11.3 Å². The van der Waals surface area contributed by atoms with E-state index in [0.29, 0.717) is 5.69 Å². The van der Waals surface area contributed by atoms with Crippen molar-refractivity contribution in [3.63, 3.8) is 0 Å². The van der Waals surface area contributed by atoms with Gasteiger partial charge in [0.1, 0.15) is 18.2 Å². The lowest BCUT2D eigenvalue weighted by Crippen LogP contribution is -2.30. The highest BCUT2D eigenvalue weighted by Crippen LogP contribution is 2.14. The zero-order valence-corrected chi connectivity index (χ0v) is 12.4. The number of nitriles is 1. The quantitative estimate of drug-likeness (QED) is 0.866. The Hall–Kier alpha value is -3.40. The van der Waals surface area contributed by atoms with E-state index in [4.69, 9.17) is 11.0 Å². The molecule has 0 atom stereocenters. The summed E-state index contributed by atoms with van der Waals surface area (Å²) < 4.78 is 1.20. The second kappa shape index (κ2) is 6.58. The molecular formula is C16H14N4O3. The molecule has 3 N–H and O–H groups in total. The van der Waals surface area contributed by atoms with E-state index < -0.39 is 17.4 Å². The van der Waals surface area contributed by atoms with Crippen LogP contribution in [0.1, 0.15) is 21.6 Å². The molecule has 0 saturated carbocycles. The van der Waals surface area contributed by atoms with Crippen molar-refractivity contribution in [2.75, 3.05) is 5.32 Å². The number of nitrogens with zero attached hydrogens (tertiary/aromatic N) is 2. The van der Waals surface area contributed by atoms with Crippen molar-refractivity contribution >= 4 is 17.5 Å². The van der Waals surface area contributed by atoms with Crippen molar-refractivity contribution in [3.05, 3.63) is 63.6 Å². The number of primary amides is 1. The van der Waals surface area contributed by atoms with Crippen LogP contribution in [0.2, 0.25) is 0 Å². The minimum absolute atomic E-state index is 0.0408. The molecule has 0 fully saturated rings. The van der Waals surface area contributed by atoms with Crippen LogP contribution in [0, 0.1) is 18.3 Å². The third-order valence-corrected chi connectivity index (χ3v) is 3.28. The summed E-state index contributed by atoms with van der Waals surface area (Å²) >= 11 is 0. The molecule has 7 heteroatoms. The zero-order valence-electron chi connectivity index (χ0n) is 12.4. The molecule has 0 spiro atoms. The third kappa shape index (κ3) is 3.44. The first-order chi connectivity index (χ1) is 10.9. The normalized spacial score (nSPS) is 9.91. The molecule has 0 radical (unpaired) electrons. The lowest BCUT2D eigenvalue weighted by molar-refractivity contribution is -0.116. The minimum Gasteiger partial charge on any atom is -0.366 e. The Balaban J connectivity index is 2.27. The summed E-state index contributed by atoms with van der Waals surface area (Å²) in [7, 11) is 0. The first-order valence-corrected chi connectivity index (χ1v) is 6.73. The molecular weight excluding hydrogens is 296 g/mol. The zero-order chi connectivity index (χ0) is 17.0. The van der Waals surface area contributed by atoms with E-state index in [0.717, 1.165) is 0 Å². The van der Waals surface area contributed by atoms with Crippen LogP contribution in [0.5, 0.6) is 0 Å². The average molecular weight is 310 g/mol. The molecule has 0 bridgehead atoms. The Labute approximate surface area is 132 Å². The van der Waals surface area contributed by atoms with Crippen molar-refractivity contribution in [2.24, 2.45) is 5.73 Å². The van der Waals surface area contributed by atoms with E-state index in [1.165, 1.54) is 16.7 Å². The summed E-state index contributed by atoms with van der Waals surface area (Å²) in [5.41, 5.74) is 5.67. The number of carbonyl (C=O) groups excluding carboxylic acids is 2. The lowest BCUT2D eigenvalue weighted by atomic mass is 10.1. The molecule has 0 saturated heterocycles. The average Bonchev–Trinajstić information content (AvgIpc) is 2.52. The maximum atomic E-state index is 12.2. The second-order valence-electron chi connectivity index (χ2n) is 4.85. The van der Waals surface area contributed by atoms with E-state index in [2.05, 4.69) is 5.32 Å². The van der Waals surface area contributed by atoms with Gasteiger partial charge in [-0.05, 0) is 31.2 Å². The molecule has 1 heterocycles. The van der Waals surface area contributed by atoms with Crippen LogP contribution in [-0.2, 0) is 11.3 Å². The molecule has 0 aliphatic heterocycles. The number of carbonyl (C=O) groups is 2. The molecule has 0 aliphatic rings. The molecule has 0 aliphatic carbocycles. The largest absolute Gasteiger partial charge is 0.366 e. The molecule has 1 aromatic heterocycles. The fourth-order valence-corrected chi connectivity index (χ4v) is 2.09. The fraction of sp³-hybridized carbons (Fsp3) is 0.125. The summed E-state index contributed by atoms with van der Waals surface area (Å²) in [5, 5.41) is 11.4. The Kier molecular flexibility index (Phi) is 4.57. The summed E-state index contributed by atoms with van der Waals surface area (Å²) in [6.45, 7) is 1.39. The predicted molar refractivity (Wildman–Crippen MR) is 83.7 cm³/mol. The van der Waals surface area contributed by atoms with Crippen molar-refractivity contribution in [2.45, 2.75) is 13.5 Å². The molecule has 2 aromatic rings. The SMILES string of the molecule is Cc1ccc(C#N)c(=O)n1CC(=O)Nc1ccccc1C(N)=O. The van der Waals surface area contributed by atoms with Gasteiger partial charge in [0.25, 0.3) is 11.5 Å². The van der Waals surface area contributed by atoms with E-state index >= 15 is 0 Å². The molecule has 116 valence electrons. The van der Waals surface area contributed by atoms with Crippen LogP contribution in [0.25, 0.3) is 0 Å². The monoisotopic (exact) mass is 310 g/mol. The Bertz CT molecular complexity index is 878. The first-order valence-electron chi connectivity index (χ1n) is 6.73. The summed E-state index contributed by atoms with van der Waals surface area (Å²) in [6.07, 6.45) is 0. The standard InChI is InChI=1S/C16H14N4O3/c1-10-6-7-11(8-17)16(23)20(10)9-14(21)19-13-5-3-2-4-12(13)15(18)22/h2-7H,9H2,1H3,(H2,18,22)(H,19,21). The van der Waals surface area contributed by atoms with Crippen molar-refractivity contribution in [1.82, 2.24) is 4.57 Å². The number of nitrogens with two attached hydrogens (primary N) is 1. The first kappa shape index (κ1) is 16.0. The van der Waals surface area contributed by atoms with Gasteiger partial charge < -0.3 is 15.6 Å². The number of nitrogens with one attached hydrogen (secondary N) is 1. The smallest absolute Gasteiger partial charge is 0.269 e. The number of aryl methyl sites for hydroxylation is 1. The number of aromatic nitrogens is 1. The van der Waals surface area contributed by atoms with Crippen molar-refractivity contribution in [1.29, 1.82) is 5.26 Å². The number of rotatable bonds is 4. The lowest BCUT2D eigenvalue weighted by Gasteiger charge is -2.12. The van der Waals surface area contributed by atoms with Crippen LogP contribution < -0.4 is 16.6 Å². The van der Waals surface area contributed by atoms with Crippen LogP contribution >= 0.6 is 0 Å². The minimum atomic E-state index is -0.666. The van der Waals surface area contributed by atoms with E-state index in [-0.39, 0.29) is 23.4 Å². The van der Waals surface area contributed by atoms with Gasteiger partial charge in [0.15, 0.2) is 0 Å². The number of pyridine rings is 1. The van der Waals surface area contributed by atoms with Gasteiger partial charge in [-0.1, -0.05) is 12.1 Å². The molecule has 7 nitrogen and oxygen atoms in total. The molecule has 1 aromatic carbocycles. The fourth-order valence-electron chi connectivity index (χ4n) is 2.09. The Morgan fingerprint density at radius 1 is 1.26 bits per heavy atom. The van der Waals surface area contributed by atoms with Gasteiger partial charge in [0, 0.05) is 5.69 Å². The van der Waals surface area contributed by atoms with E-state index in [1.54, 1.807) is 37.3 Å². The summed E-state index contributed by atoms with van der Waals surface area (Å²) in [6, 6.07) is 11.1. The Morgan fingerprint density at radius 2 is 1.96 bits per heavy atom. The van der Waals surface area contributed by atoms with Crippen LogP contribution in [0.4, 0.5) is 5.69 Å². The number of hydrogen-bond donors (Lipinski definition) is 2. The van der Waals surface area contributed by atoms with Crippen molar-refractivity contribution < 1.29 is 9.59 Å². The number of para-hydroxylation sites is 1.